The molecule has 2 N–H and O–H groups in total. The first kappa shape index (κ1) is 18.3. The SMILES string of the molecule is CCC1CCC(C(=O)Nc2cccc(NC(=O)N(C)C)c2C)CC1. The molecule has 2 rings (SSSR count). The molecule has 1 aliphatic carbocycles. The normalized spacial score (nSPS) is 20.3. The summed E-state index contributed by atoms with van der Waals surface area (Å²) >= 11 is 0. The van der Waals surface area contributed by atoms with Crippen molar-refractivity contribution < 1.29 is 9.59 Å². The Labute approximate surface area is 144 Å². The number of benzene rings is 1. The van der Waals surface area contributed by atoms with Crippen LogP contribution in [0.15, 0.2) is 18.2 Å². The van der Waals surface area contributed by atoms with Gasteiger partial charge < -0.3 is 15.5 Å². The maximum absolute atomic E-state index is 12.5. The molecule has 1 aromatic carbocycles. The molecule has 0 unspecified atom stereocenters. The van der Waals surface area contributed by atoms with Crippen molar-refractivity contribution in [2.24, 2.45) is 11.8 Å². The number of rotatable bonds is 4. The second-order valence-corrected chi connectivity index (χ2v) is 6.92. The van der Waals surface area contributed by atoms with Crippen LogP contribution in [0.1, 0.15) is 44.6 Å². The summed E-state index contributed by atoms with van der Waals surface area (Å²) in [4.78, 5) is 25.9. The molecule has 0 bridgehead atoms. The molecule has 1 fully saturated rings. The summed E-state index contributed by atoms with van der Waals surface area (Å²) in [5.41, 5.74) is 2.37. The van der Waals surface area contributed by atoms with Crippen LogP contribution < -0.4 is 10.6 Å². The lowest BCUT2D eigenvalue weighted by Gasteiger charge is -2.27. The lowest BCUT2D eigenvalue weighted by molar-refractivity contribution is -0.121. The third-order valence-corrected chi connectivity index (χ3v) is 5.03. The van der Waals surface area contributed by atoms with Crippen LogP contribution in [0.3, 0.4) is 0 Å². The van der Waals surface area contributed by atoms with Crippen LogP contribution in [0.4, 0.5) is 16.2 Å². The van der Waals surface area contributed by atoms with Crippen LogP contribution in [-0.2, 0) is 4.79 Å². The van der Waals surface area contributed by atoms with Crippen molar-refractivity contribution in [2.45, 2.75) is 46.0 Å². The number of nitrogens with one attached hydrogen (secondary N) is 2. The molecule has 5 nitrogen and oxygen atoms in total. The van der Waals surface area contributed by atoms with E-state index in [1.54, 1.807) is 14.1 Å². The Balaban J connectivity index is 2.02. The van der Waals surface area contributed by atoms with E-state index >= 15 is 0 Å². The summed E-state index contributed by atoms with van der Waals surface area (Å²) < 4.78 is 0. The molecule has 1 aliphatic rings. The molecule has 1 saturated carbocycles. The number of hydrogen-bond acceptors (Lipinski definition) is 2. The van der Waals surface area contributed by atoms with E-state index in [-0.39, 0.29) is 17.9 Å². The highest BCUT2D eigenvalue weighted by molar-refractivity contribution is 5.96. The lowest BCUT2D eigenvalue weighted by Crippen LogP contribution is -2.28. The van der Waals surface area contributed by atoms with Crippen LogP contribution >= 0.6 is 0 Å². The van der Waals surface area contributed by atoms with Crippen LogP contribution in [0.5, 0.6) is 0 Å². The van der Waals surface area contributed by atoms with E-state index in [0.717, 1.165) is 48.5 Å². The fourth-order valence-corrected chi connectivity index (χ4v) is 3.20. The smallest absolute Gasteiger partial charge is 0.321 e. The minimum absolute atomic E-state index is 0.101. The summed E-state index contributed by atoms with van der Waals surface area (Å²) in [5.74, 6) is 0.983. The first-order chi connectivity index (χ1) is 11.4. The zero-order valence-electron chi connectivity index (χ0n) is 15.2. The van der Waals surface area contributed by atoms with Gasteiger partial charge in [0.1, 0.15) is 0 Å². The second kappa shape index (κ2) is 8.18. The van der Waals surface area contributed by atoms with Gasteiger partial charge in [-0.2, -0.15) is 0 Å². The summed E-state index contributed by atoms with van der Waals surface area (Å²) in [6.45, 7) is 4.14. The molecule has 0 atom stereocenters. The topological polar surface area (TPSA) is 61.4 Å². The van der Waals surface area contributed by atoms with Gasteiger partial charge in [0.15, 0.2) is 0 Å². The van der Waals surface area contributed by atoms with E-state index in [1.165, 1.54) is 11.3 Å². The van der Waals surface area contributed by atoms with Gasteiger partial charge in [0.2, 0.25) is 5.91 Å². The summed E-state index contributed by atoms with van der Waals surface area (Å²) in [6, 6.07) is 5.40. The van der Waals surface area contributed by atoms with Crippen molar-refractivity contribution in [3.63, 3.8) is 0 Å². The highest BCUT2D eigenvalue weighted by atomic mass is 16.2. The van der Waals surface area contributed by atoms with Gasteiger partial charge in [0.25, 0.3) is 0 Å². The number of carbonyl (C=O) groups is 2. The Kier molecular flexibility index (Phi) is 6.23. The fourth-order valence-electron chi connectivity index (χ4n) is 3.20. The number of hydrogen-bond donors (Lipinski definition) is 2. The average molecular weight is 331 g/mol. The minimum Gasteiger partial charge on any atom is -0.331 e. The first-order valence-electron chi connectivity index (χ1n) is 8.81. The van der Waals surface area contributed by atoms with Crippen molar-refractivity contribution in [1.82, 2.24) is 4.90 Å². The van der Waals surface area contributed by atoms with E-state index in [1.807, 2.05) is 25.1 Å². The molecular formula is C19H29N3O2. The molecule has 0 aliphatic heterocycles. The van der Waals surface area contributed by atoms with Crippen molar-refractivity contribution in [1.29, 1.82) is 0 Å². The van der Waals surface area contributed by atoms with E-state index in [0.29, 0.717) is 0 Å². The third-order valence-electron chi connectivity index (χ3n) is 5.03. The molecule has 0 saturated heterocycles. The predicted octanol–water partition coefficient (Wildman–Crippen LogP) is 4.24. The summed E-state index contributed by atoms with van der Waals surface area (Å²) in [6.07, 6.45) is 5.45. The van der Waals surface area contributed by atoms with Crippen LogP contribution in [-0.4, -0.2) is 30.9 Å². The molecule has 132 valence electrons. The van der Waals surface area contributed by atoms with E-state index in [2.05, 4.69) is 17.6 Å². The standard InChI is InChI=1S/C19H29N3O2/c1-5-14-9-11-15(12-10-14)18(23)20-16-7-6-8-17(13(16)2)21-19(24)22(3)4/h6-8,14-15H,5,9-12H2,1-4H3,(H,20,23)(H,21,24). The van der Waals surface area contributed by atoms with Gasteiger partial charge in [-0.15, -0.1) is 0 Å². The lowest BCUT2D eigenvalue weighted by atomic mass is 9.80. The van der Waals surface area contributed by atoms with Crippen molar-refractivity contribution >= 4 is 23.3 Å². The molecule has 5 heteroatoms. The zero-order chi connectivity index (χ0) is 17.7. The van der Waals surface area contributed by atoms with Crippen molar-refractivity contribution in [3.05, 3.63) is 23.8 Å². The van der Waals surface area contributed by atoms with Gasteiger partial charge in [0.05, 0.1) is 0 Å². The van der Waals surface area contributed by atoms with Gasteiger partial charge in [-0.1, -0.05) is 19.4 Å². The predicted molar refractivity (Wildman–Crippen MR) is 98.3 cm³/mol. The van der Waals surface area contributed by atoms with Gasteiger partial charge >= 0.3 is 6.03 Å². The molecule has 0 radical (unpaired) electrons. The molecular weight excluding hydrogens is 302 g/mol. The quantitative estimate of drug-likeness (QED) is 0.866. The Morgan fingerprint density at radius 2 is 1.67 bits per heavy atom. The Morgan fingerprint density at radius 1 is 1.08 bits per heavy atom. The Morgan fingerprint density at radius 3 is 2.21 bits per heavy atom. The minimum atomic E-state index is -0.181. The number of carbonyl (C=O) groups excluding carboxylic acids is 2. The van der Waals surface area contributed by atoms with E-state index in [9.17, 15) is 9.59 Å². The van der Waals surface area contributed by atoms with Gasteiger partial charge in [0, 0.05) is 31.4 Å². The molecule has 3 amide bonds. The molecule has 0 heterocycles. The third kappa shape index (κ3) is 4.49. The molecule has 1 aromatic rings. The van der Waals surface area contributed by atoms with Crippen molar-refractivity contribution in [3.8, 4) is 0 Å². The summed E-state index contributed by atoms with van der Waals surface area (Å²) in [5, 5.41) is 5.90. The van der Waals surface area contributed by atoms with Crippen LogP contribution in [0, 0.1) is 18.8 Å². The number of nitrogens with zero attached hydrogens (tertiary/aromatic N) is 1. The first-order valence-corrected chi connectivity index (χ1v) is 8.81. The number of urea groups is 1. The molecule has 0 spiro atoms. The highest BCUT2D eigenvalue weighted by Gasteiger charge is 2.25. The maximum Gasteiger partial charge on any atom is 0.321 e. The number of anilines is 2. The van der Waals surface area contributed by atoms with Gasteiger partial charge in [-0.25, -0.2) is 4.79 Å². The highest BCUT2D eigenvalue weighted by Crippen LogP contribution is 2.32. The monoisotopic (exact) mass is 331 g/mol. The fraction of sp³-hybridized carbons (Fsp3) is 0.579. The van der Waals surface area contributed by atoms with E-state index in [4.69, 9.17) is 0 Å². The van der Waals surface area contributed by atoms with Crippen LogP contribution in [0.2, 0.25) is 0 Å². The Hall–Kier alpha value is -2.04. The average Bonchev–Trinajstić information content (AvgIpc) is 2.58. The second-order valence-electron chi connectivity index (χ2n) is 6.92. The number of amides is 3. The van der Waals surface area contributed by atoms with Crippen LogP contribution in [0.25, 0.3) is 0 Å². The summed E-state index contributed by atoms with van der Waals surface area (Å²) in [7, 11) is 3.39. The maximum atomic E-state index is 12.5. The van der Waals surface area contributed by atoms with E-state index < -0.39 is 0 Å². The van der Waals surface area contributed by atoms with Gasteiger partial charge in [-0.05, 0) is 56.2 Å². The van der Waals surface area contributed by atoms with Crippen molar-refractivity contribution in [2.75, 3.05) is 24.7 Å². The molecule has 24 heavy (non-hydrogen) atoms. The largest absolute Gasteiger partial charge is 0.331 e. The molecule has 0 aromatic heterocycles. The Bertz CT molecular complexity index is 590. The zero-order valence-corrected chi connectivity index (χ0v) is 15.2. The van der Waals surface area contributed by atoms with Gasteiger partial charge in [-0.3, -0.25) is 4.79 Å².